The van der Waals surface area contributed by atoms with Gasteiger partial charge in [-0.1, -0.05) is 0 Å². The third-order valence-electron chi connectivity index (χ3n) is 5.18. The number of hydrogen-bond acceptors (Lipinski definition) is 4. The van der Waals surface area contributed by atoms with Crippen LogP contribution in [0.4, 0.5) is 0 Å². The molecule has 0 amide bonds. The first-order valence-corrected chi connectivity index (χ1v) is 8.67. The predicted octanol–water partition coefficient (Wildman–Crippen LogP) is 1.97. The average Bonchev–Trinajstić information content (AvgIpc) is 2.90. The number of hydrogen-bond donors (Lipinski definition) is 0. The SMILES string of the molecule is CC(C)N(C)Cc1cnc2n1CCN(CC1CCOCC1)C2. The fourth-order valence-electron chi connectivity index (χ4n) is 3.39. The molecule has 5 heteroatoms. The fraction of sp³-hybridized carbons (Fsp3) is 0.824. The van der Waals surface area contributed by atoms with E-state index in [2.05, 4.69) is 46.4 Å². The van der Waals surface area contributed by atoms with Crippen molar-refractivity contribution in [3.8, 4) is 0 Å². The Balaban J connectivity index is 1.58. The van der Waals surface area contributed by atoms with Crippen molar-refractivity contribution in [2.24, 2.45) is 5.92 Å². The van der Waals surface area contributed by atoms with Crippen molar-refractivity contribution in [3.63, 3.8) is 0 Å². The van der Waals surface area contributed by atoms with Crippen LogP contribution in [0.3, 0.4) is 0 Å². The molecule has 0 aromatic carbocycles. The van der Waals surface area contributed by atoms with Crippen molar-refractivity contribution >= 4 is 0 Å². The Morgan fingerprint density at radius 1 is 1.32 bits per heavy atom. The van der Waals surface area contributed by atoms with Gasteiger partial charge in [0.2, 0.25) is 0 Å². The molecular formula is C17H30N4O. The number of nitrogens with zero attached hydrogens (tertiary/aromatic N) is 4. The summed E-state index contributed by atoms with van der Waals surface area (Å²) in [6.07, 6.45) is 4.51. The van der Waals surface area contributed by atoms with E-state index >= 15 is 0 Å². The van der Waals surface area contributed by atoms with Gasteiger partial charge in [-0.05, 0) is 39.7 Å². The summed E-state index contributed by atoms with van der Waals surface area (Å²) in [5.74, 6) is 2.05. The number of aromatic nitrogens is 2. The lowest BCUT2D eigenvalue weighted by Gasteiger charge is -2.33. The lowest BCUT2D eigenvalue weighted by molar-refractivity contribution is 0.0480. The molecule has 1 fully saturated rings. The van der Waals surface area contributed by atoms with E-state index in [4.69, 9.17) is 4.74 Å². The van der Waals surface area contributed by atoms with Crippen LogP contribution in [-0.2, 0) is 24.4 Å². The third-order valence-corrected chi connectivity index (χ3v) is 5.18. The highest BCUT2D eigenvalue weighted by molar-refractivity contribution is 5.08. The number of ether oxygens (including phenoxy) is 1. The molecule has 0 unspecified atom stereocenters. The van der Waals surface area contributed by atoms with Crippen molar-refractivity contribution in [2.75, 3.05) is 33.4 Å². The van der Waals surface area contributed by atoms with E-state index in [0.29, 0.717) is 6.04 Å². The monoisotopic (exact) mass is 306 g/mol. The van der Waals surface area contributed by atoms with E-state index in [1.54, 1.807) is 0 Å². The molecule has 5 nitrogen and oxygen atoms in total. The second kappa shape index (κ2) is 7.11. The van der Waals surface area contributed by atoms with Gasteiger partial charge in [-0.2, -0.15) is 0 Å². The maximum Gasteiger partial charge on any atom is 0.123 e. The zero-order valence-corrected chi connectivity index (χ0v) is 14.3. The first-order valence-electron chi connectivity index (χ1n) is 8.67. The van der Waals surface area contributed by atoms with E-state index in [1.807, 2.05) is 0 Å². The molecule has 1 saturated heterocycles. The summed E-state index contributed by atoms with van der Waals surface area (Å²) in [5, 5.41) is 0. The van der Waals surface area contributed by atoms with Gasteiger partial charge in [-0.15, -0.1) is 0 Å². The highest BCUT2D eigenvalue weighted by Gasteiger charge is 2.23. The Kier molecular flexibility index (Phi) is 5.16. The van der Waals surface area contributed by atoms with Crippen molar-refractivity contribution in [1.29, 1.82) is 0 Å². The molecule has 0 spiro atoms. The molecule has 0 atom stereocenters. The van der Waals surface area contributed by atoms with Gasteiger partial charge in [-0.25, -0.2) is 4.98 Å². The molecule has 0 aliphatic carbocycles. The summed E-state index contributed by atoms with van der Waals surface area (Å²) in [7, 11) is 2.19. The topological polar surface area (TPSA) is 33.5 Å². The van der Waals surface area contributed by atoms with E-state index in [0.717, 1.165) is 45.3 Å². The van der Waals surface area contributed by atoms with E-state index in [-0.39, 0.29) is 0 Å². The number of rotatable bonds is 5. The molecule has 3 rings (SSSR count). The lowest BCUT2D eigenvalue weighted by atomic mass is 9.99. The molecule has 0 bridgehead atoms. The van der Waals surface area contributed by atoms with Gasteiger partial charge < -0.3 is 9.30 Å². The van der Waals surface area contributed by atoms with E-state index in [1.165, 1.54) is 30.9 Å². The van der Waals surface area contributed by atoms with Gasteiger partial charge in [0.05, 0.1) is 12.2 Å². The number of fused-ring (bicyclic) bond motifs is 1. The Morgan fingerprint density at radius 2 is 2.09 bits per heavy atom. The minimum absolute atomic E-state index is 0.569. The minimum Gasteiger partial charge on any atom is -0.381 e. The largest absolute Gasteiger partial charge is 0.381 e. The van der Waals surface area contributed by atoms with Crippen LogP contribution in [0.15, 0.2) is 6.20 Å². The molecule has 22 heavy (non-hydrogen) atoms. The van der Waals surface area contributed by atoms with Gasteiger partial charge in [-0.3, -0.25) is 9.80 Å². The Morgan fingerprint density at radius 3 is 2.82 bits per heavy atom. The highest BCUT2D eigenvalue weighted by Crippen LogP contribution is 2.21. The average molecular weight is 306 g/mol. The molecule has 1 aromatic rings. The Labute approximate surface area is 134 Å². The third kappa shape index (κ3) is 3.70. The van der Waals surface area contributed by atoms with Gasteiger partial charge in [0.1, 0.15) is 5.82 Å². The van der Waals surface area contributed by atoms with Gasteiger partial charge in [0.15, 0.2) is 0 Å². The normalized spacial score (nSPS) is 20.8. The first-order chi connectivity index (χ1) is 10.6. The molecule has 0 N–H and O–H groups in total. The maximum atomic E-state index is 5.47. The van der Waals surface area contributed by atoms with Crippen LogP contribution in [0.25, 0.3) is 0 Å². The Hall–Kier alpha value is -0.910. The predicted molar refractivity (Wildman–Crippen MR) is 87.7 cm³/mol. The van der Waals surface area contributed by atoms with Crippen LogP contribution in [0.2, 0.25) is 0 Å². The van der Waals surface area contributed by atoms with Crippen LogP contribution in [-0.4, -0.2) is 58.7 Å². The summed E-state index contributed by atoms with van der Waals surface area (Å²) in [5.41, 5.74) is 1.36. The molecular weight excluding hydrogens is 276 g/mol. The van der Waals surface area contributed by atoms with Gasteiger partial charge in [0, 0.05) is 51.6 Å². The van der Waals surface area contributed by atoms with Gasteiger partial charge >= 0.3 is 0 Å². The second-order valence-electron chi connectivity index (χ2n) is 7.12. The second-order valence-corrected chi connectivity index (χ2v) is 7.12. The molecule has 2 aliphatic heterocycles. The summed E-state index contributed by atoms with van der Waals surface area (Å²) in [6, 6.07) is 0.569. The van der Waals surface area contributed by atoms with E-state index in [9.17, 15) is 0 Å². The number of imidazole rings is 1. The van der Waals surface area contributed by atoms with Gasteiger partial charge in [0.25, 0.3) is 0 Å². The summed E-state index contributed by atoms with van der Waals surface area (Å²) in [6.45, 7) is 11.8. The summed E-state index contributed by atoms with van der Waals surface area (Å²) >= 11 is 0. The van der Waals surface area contributed by atoms with Crippen molar-refractivity contribution < 1.29 is 4.74 Å². The molecule has 2 aliphatic rings. The summed E-state index contributed by atoms with van der Waals surface area (Å²) < 4.78 is 7.89. The van der Waals surface area contributed by atoms with E-state index < -0.39 is 0 Å². The Bertz CT molecular complexity index is 479. The molecule has 124 valence electrons. The van der Waals surface area contributed by atoms with Crippen molar-refractivity contribution in [2.45, 2.75) is 52.4 Å². The highest BCUT2D eigenvalue weighted by atomic mass is 16.5. The smallest absolute Gasteiger partial charge is 0.123 e. The quantitative estimate of drug-likeness (QED) is 0.833. The zero-order valence-electron chi connectivity index (χ0n) is 14.3. The first kappa shape index (κ1) is 16.0. The summed E-state index contributed by atoms with van der Waals surface area (Å²) in [4.78, 5) is 9.63. The van der Waals surface area contributed by atoms with Crippen LogP contribution >= 0.6 is 0 Å². The molecule has 0 saturated carbocycles. The van der Waals surface area contributed by atoms with Crippen molar-refractivity contribution in [3.05, 3.63) is 17.7 Å². The van der Waals surface area contributed by atoms with Crippen LogP contribution in [0, 0.1) is 5.92 Å². The van der Waals surface area contributed by atoms with Crippen LogP contribution in [0.1, 0.15) is 38.2 Å². The van der Waals surface area contributed by atoms with Crippen molar-refractivity contribution in [1.82, 2.24) is 19.4 Å². The molecule has 1 aromatic heterocycles. The molecule has 3 heterocycles. The van der Waals surface area contributed by atoms with Crippen LogP contribution in [0.5, 0.6) is 0 Å². The lowest BCUT2D eigenvalue weighted by Crippen LogP contribution is -2.39. The molecule has 0 radical (unpaired) electrons. The minimum atomic E-state index is 0.569. The van der Waals surface area contributed by atoms with Crippen LogP contribution < -0.4 is 0 Å². The zero-order chi connectivity index (χ0) is 15.5. The fourth-order valence-corrected chi connectivity index (χ4v) is 3.39. The maximum absolute atomic E-state index is 5.47. The standard InChI is InChI=1S/C17H30N4O/c1-14(2)19(3)12-16-10-18-17-13-20(6-7-21(16)17)11-15-4-8-22-9-5-15/h10,14-15H,4-9,11-13H2,1-3H3.